The average molecular weight is 768 g/mol. The molecule has 8 aromatic rings. The summed E-state index contributed by atoms with van der Waals surface area (Å²) in [6.07, 6.45) is 7.84. The second-order valence-electron chi connectivity index (χ2n) is 16.9. The summed E-state index contributed by atoms with van der Waals surface area (Å²) < 4.78 is 0. The van der Waals surface area contributed by atoms with Crippen LogP contribution in [0.4, 0.5) is 11.4 Å². The van der Waals surface area contributed by atoms with Crippen molar-refractivity contribution in [1.82, 2.24) is 0 Å². The van der Waals surface area contributed by atoms with E-state index in [9.17, 15) is 0 Å². The van der Waals surface area contributed by atoms with Crippen molar-refractivity contribution in [3.05, 3.63) is 269 Å². The maximum Gasteiger partial charge on any atom is 0.0673 e. The molecule has 3 aliphatic carbocycles. The summed E-state index contributed by atoms with van der Waals surface area (Å²) in [7, 11) is 0. The molecule has 11 rings (SSSR count). The summed E-state index contributed by atoms with van der Waals surface area (Å²) in [6, 6.07) is 76.2. The van der Waals surface area contributed by atoms with Crippen LogP contribution in [-0.4, -0.2) is 0 Å². The normalized spacial score (nSPS) is 15.3. The molecule has 0 amide bonds. The Balaban J connectivity index is 1.13. The first-order valence-electron chi connectivity index (χ1n) is 21.1. The first-order chi connectivity index (χ1) is 29.5. The number of benzene rings is 8. The van der Waals surface area contributed by atoms with Crippen molar-refractivity contribution in [2.24, 2.45) is 0 Å². The van der Waals surface area contributed by atoms with E-state index in [-0.39, 0.29) is 5.41 Å². The van der Waals surface area contributed by atoms with E-state index >= 15 is 0 Å². The summed E-state index contributed by atoms with van der Waals surface area (Å²) in [5.41, 5.74) is 21.0. The van der Waals surface area contributed by atoms with E-state index in [1.54, 1.807) is 0 Å². The molecule has 1 nitrogen and oxygen atoms in total. The summed E-state index contributed by atoms with van der Waals surface area (Å²) in [4.78, 5) is 2.50. The highest BCUT2D eigenvalue weighted by Crippen LogP contribution is 2.56. The predicted octanol–water partition coefficient (Wildman–Crippen LogP) is 15.1. The molecule has 286 valence electrons. The van der Waals surface area contributed by atoms with Gasteiger partial charge < -0.3 is 4.90 Å². The number of anilines is 2. The van der Waals surface area contributed by atoms with Crippen LogP contribution in [0.15, 0.2) is 236 Å². The fourth-order valence-corrected chi connectivity index (χ4v) is 10.5. The van der Waals surface area contributed by atoms with Gasteiger partial charge in [0.15, 0.2) is 0 Å². The highest BCUT2D eigenvalue weighted by Gasteiger charge is 2.46. The molecule has 0 unspecified atom stereocenters. The van der Waals surface area contributed by atoms with Crippen LogP contribution >= 0.6 is 0 Å². The highest BCUT2D eigenvalue weighted by molar-refractivity contribution is 5.90. The van der Waals surface area contributed by atoms with Gasteiger partial charge in [-0.25, -0.2) is 0 Å². The molecule has 1 heteroatoms. The molecular weight excluding hydrogens is 723 g/mol. The Bertz CT molecular complexity index is 2980. The minimum Gasteiger partial charge on any atom is -0.310 e. The zero-order valence-electron chi connectivity index (χ0n) is 34.0. The Hall–Kier alpha value is -7.22. The lowest BCUT2D eigenvalue weighted by Gasteiger charge is -2.44. The van der Waals surface area contributed by atoms with Gasteiger partial charge in [0.1, 0.15) is 0 Å². The van der Waals surface area contributed by atoms with Crippen molar-refractivity contribution in [2.75, 3.05) is 4.90 Å². The number of allylic oxidation sites excluding steroid dienone is 5. The molecule has 0 heterocycles. The standard InChI is InChI=1S/C59H45N/c1-58(2)54-32-14-12-30-50(54)52-36-35-44(39-56(52)58)43-22-17-29-49(38-43)60(48-28-16-21-42(37-48)41-19-6-3-7-20-41)57-34-18-27-47-40-53(57)51-31-13-15-33-55(51)59(47,45-23-8-4-9-24-45)46-25-10-5-11-26-46/h3-39H,40H2,1-2H3. The van der Waals surface area contributed by atoms with E-state index < -0.39 is 5.41 Å². The molecule has 60 heavy (non-hydrogen) atoms. The van der Waals surface area contributed by atoms with Crippen molar-refractivity contribution in [3.63, 3.8) is 0 Å². The van der Waals surface area contributed by atoms with Gasteiger partial charge in [0.25, 0.3) is 0 Å². The summed E-state index contributed by atoms with van der Waals surface area (Å²) in [5, 5.41) is 0. The summed E-state index contributed by atoms with van der Waals surface area (Å²) in [5.74, 6) is 0. The minimum absolute atomic E-state index is 0.0745. The largest absolute Gasteiger partial charge is 0.310 e. The zero-order valence-corrected chi connectivity index (χ0v) is 34.0. The van der Waals surface area contributed by atoms with Gasteiger partial charge >= 0.3 is 0 Å². The van der Waals surface area contributed by atoms with Crippen LogP contribution in [0.5, 0.6) is 0 Å². The van der Waals surface area contributed by atoms with Gasteiger partial charge in [-0.05, 0) is 121 Å². The smallest absolute Gasteiger partial charge is 0.0673 e. The number of rotatable bonds is 7. The Morgan fingerprint density at radius 2 is 0.933 bits per heavy atom. The van der Waals surface area contributed by atoms with Crippen LogP contribution in [0.25, 0.3) is 39.0 Å². The van der Waals surface area contributed by atoms with Gasteiger partial charge in [-0.3, -0.25) is 0 Å². The van der Waals surface area contributed by atoms with Gasteiger partial charge in [0.2, 0.25) is 0 Å². The third-order valence-electron chi connectivity index (χ3n) is 13.3. The molecule has 2 bridgehead atoms. The number of nitrogens with zero attached hydrogens (tertiary/aromatic N) is 1. The first-order valence-corrected chi connectivity index (χ1v) is 21.1. The Kier molecular flexibility index (Phi) is 8.53. The lowest BCUT2D eigenvalue weighted by molar-refractivity contribution is 0.660. The predicted molar refractivity (Wildman–Crippen MR) is 251 cm³/mol. The molecule has 0 N–H and O–H groups in total. The van der Waals surface area contributed by atoms with Crippen LogP contribution in [0.2, 0.25) is 0 Å². The maximum atomic E-state index is 2.50. The van der Waals surface area contributed by atoms with E-state index in [0.717, 1.165) is 17.8 Å². The van der Waals surface area contributed by atoms with Crippen molar-refractivity contribution in [2.45, 2.75) is 31.1 Å². The second-order valence-corrected chi connectivity index (χ2v) is 16.9. The van der Waals surface area contributed by atoms with E-state index in [0.29, 0.717) is 0 Å². The SMILES string of the molecule is CC1(C)c2ccccc2-c2ccc(-c3cccc(N(C4=C5CC(=CC=C4)C(c4ccccc4)(c4ccccc4)c4ccccc45)c4cccc(-c5ccccc5)c4)c3)cc21. The molecular formula is C59H45N. The molecule has 0 atom stereocenters. The average Bonchev–Trinajstić information content (AvgIpc) is 3.40. The molecule has 0 aromatic heterocycles. The summed E-state index contributed by atoms with van der Waals surface area (Å²) in [6.45, 7) is 4.72. The van der Waals surface area contributed by atoms with Gasteiger partial charge in [-0.1, -0.05) is 202 Å². The topological polar surface area (TPSA) is 3.24 Å². The molecule has 0 saturated heterocycles. The molecule has 0 radical (unpaired) electrons. The van der Waals surface area contributed by atoms with Gasteiger partial charge in [0, 0.05) is 16.8 Å². The van der Waals surface area contributed by atoms with E-state index in [1.807, 2.05) is 0 Å². The molecule has 0 saturated carbocycles. The van der Waals surface area contributed by atoms with Crippen molar-refractivity contribution in [3.8, 4) is 33.4 Å². The number of fused-ring (bicyclic) bond motifs is 7. The van der Waals surface area contributed by atoms with E-state index in [4.69, 9.17) is 0 Å². The Morgan fingerprint density at radius 3 is 1.60 bits per heavy atom. The van der Waals surface area contributed by atoms with Crippen LogP contribution in [0, 0.1) is 0 Å². The minimum atomic E-state index is -0.443. The molecule has 0 aliphatic heterocycles. The second kappa shape index (κ2) is 14.3. The van der Waals surface area contributed by atoms with E-state index in [2.05, 4.69) is 243 Å². The molecule has 0 fully saturated rings. The van der Waals surface area contributed by atoms with Gasteiger partial charge in [0.05, 0.1) is 11.1 Å². The number of hydrogen-bond donors (Lipinski definition) is 0. The molecule has 8 aromatic carbocycles. The van der Waals surface area contributed by atoms with Crippen LogP contribution in [0.1, 0.15) is 53.6 Å². The fourth-order valence-electron chi connectivity index (χ4n) is 10.5. The quantitative estimate of drug-likeness (QED) is 0.156. The molecule has 0 spiro atoms. The van der Waals surface area contributed by atoms with Crippen LogP contribution in [0.3, 0.4) is 0 Å². The van der Waals surface area contributed by atoms with E-state index in [1.165, 1.54) is 83.6 Å². The zero-order chi connectivity index (χ0) is 40.3. The van der Waals surface area contributed by atoms with Crippen LogP contribution < -0.4 is 4.90 Å². The third kappa shape index (κ3) is 5.61. The fraction of sp³-hybridized carbons (Fsp3) is 0.0847. The van der Waals surface area contributed by atoms with Crippen molar-refractivity contribution in [1.29, 1.82) is 0 Å². The molecule has 3 aliphatic rings. The number of hydrogen-bond acceptors (Lipinski definition) is 1. The Labute approximate surface area is 354 Å². The lowest BCUT2D eigenvalue weighted by Crippen LogP contribution is -2.36. The van der Waals surface area contributed by atoms with Crippen LogP contribution in [-0.2, 0) is 10.8 Å². The van der Waals surface area contributed by atoms with Crippen molar-refractivity contribution < 1.29 is 0 Å². The van der Waals surface area contributed by atoms with Crippen molar-refractivity contribution >= 4 is 16.9 Å². The lowest BCUT2D eigenvalue weighted by atomic mass is 9.58. The maximum absolute atomic E-state index is 2.50. The van der Waals surface area contributed by atoms with Gasteiger partial charge in [-0.15, -0.1) is 0 Å². The monoisotopic (exact) mass is 767 g/mol. The first kappa shape index (κ1) is 35.9. The Morgan fingerprint density at radius 1 is 0.417 bits per heavy atom. The summed E-state index contributed by atoms with van der Waals surface area (Å²) >= 11 is 0. The third-order valence-corrected chi connectivity index (χ3v) is 13.3. The highest BCUT2D eigenvalue weighted by atomic mass is 15.1. The van der Waals surface area contributed by atoms with Gasteiger partial charge in [-0.2, -0.15) is 0 Å².